The number of methoxy groups -OCH3 is 1. The molecule has 0 N–H and O–H groups in total. The van der Waals surface area contributed by atoms with Crippen LogP contribution in [0.5, 0.6) is 5.75 Å². The van der Waals surface area contributed by atoms with Crippen molar-refractivity contribution in [1.82, 2.24) is 9.80 Å². The summed E-state index contributed by atoms with van der Waals surface area (Å²) in [6, 6.07) is 13.4. The molecule has 2 aliphatic rings. The van der Waals surface area contributed by atoms with Crippen molar-refractivity contribution in [3.8, 4) is 5.75 Å². The van der Waals surface area contributed by atoms with Gasteiger partial charge in [-0.2, -0.15) is 0 Å². The molecule has 6 nitrogen and oxygen atoms in total. The zero-order chi connectivity index (χ0) is 21.3. The van der Waals surface area contributed by atoms with Gasteiger partial charge in [-0.25, -0.2) is 0 Å². The van der Waals surface area contributed by atoms with Crippen LogP contribution in [0.1, 0.15) is 16.7 Å². The second kappa shape index (κ2) is 8.65. The lowest BCUT2D eigenvalue weighted by Crippen LogP contribution is -2.44. The first kappa shape index (κ1) is 20.7. The van der Waals surface area contributed by atoms with Crippen molar-refractivity contribution < 1.29 is 19.1 Å². The minimum atomic E-state index is -0.460. The molecule has 0 unspecified atom stereocenters. The molecule has 3 amide bonds. The van der Waals surface area contributed by atoms with Crippen LogP contribution >= 0.6 is 27.7 Å². The summed E-state index contributed by atoms with van der Waals surface area (Å²) in [5, 5.41) is -0.439. The third-order valence-electron chi connectivity index (χ3n) is 5.13. The Bertz CT molecular complexity index is 1070. The van der Waals surface area contributed by atoms with Gasteiger partial charge in [0.1, 0.15) is 12.3 Å². The number of nitrogens with zero attached hydrogens (tertiary/aromatic N) is 2. The molecule has 2 aliphatic heterocycles. The van der Waals surface area contributed by atoms with Crippen LogP contribution in [0.2, 0.25) is 0 Å². The van der Waals surface area contributed by atoms with Crippen molar-refractivity contribution in [3.63, 3.8) is 0 Å². The Morgan fingerprint density at radius 2 is 1.97 bits per heavy atom. The third-order valence-corrected chi connectivity index (χ3v) is 6.53. The predicted molar refractivity (Wildman–Crippen MR) is 119 cm³/mol. The molecule has 1 fully saturated rings. The van der Waals surface area contributed by atoms with Crippen molar-refractivity contribution in [1.29, 1.82) is 0 Å². The highest BCUT2D eigenvalue weighted by atomic mass is 79.9. The molecule has 0 saturated carbocycles. The number of halogens is 1. The van der Waals surface area contributed by atoms with Crippen LogP contribution in [-0.4, -0.2) is 47.1 Å². The molecule has 1 saturated heterocycles. The smallest absolute Gasteiger partial charge is 0.294 e. The summed E-state index contributed by atoms with van der Waals surface area (Å²) in [5.41, 5.74) is 3.02. The average molecular weight is 487 g/mol. The van der Waals surface area contributed by atoms with E-state index < -0.39 is 11.1 Å². The van der Waals surface area contributed by atoms with Gasteiger partial charge in [-0.15, -0.1) is 0 Å². The Kier molecular flexibility index (Phi) is 5.97. The Balaban J connectivity index is 1.49. The van der Waals surface area contributed by atoms with E-state index in [0.717, 1.165) is 33.1 Å². The second-order valence-corrected chi connectivity index (χ2v) is 8.90. The molecule has 0 bridgehead atoms. The van der Waals surface area contributed by atoms with Crippen molar-refractivity contribution >= 4 is 50.8 Å². The normalized spacial score (nSPS) is 17.5. The van der Waals surface area contributed by atoms with Gasteiger partial charge in [-0.1, -0.05) is 40.2 Å². The van der Waals surface area contributed by atoms with Crippen LogP contribution in [0.25, 0.3) is 6.08 Å². The molecule has 0 atom stereocenters. The Morgan fingerprint density at radius 3 is 2.73 bits per heavy atom. The van der Waals surface area contributed by atoms with E-state index in [2.05, 4.69) is 22.0 Å². The highest BCUT2D eigenvalue weighted by Crippen LogP contribution is 2.35. The van der Waals surface area contributed by atoms with Crippen LogP contribution in [0.3, 0.4) is 0 Å². The van der Waals surface area contributed by atoms with Gasteiger partial charge in [0.05, 0.1) is 12.0 Å². The highest BCUT2D eigenvalue weighted by Gasteiger charge is 2.37. The van der Waals surface area contributed by atoms with E-state index >= 15 is 0 Å². The monoisotopic (exact) mass is 486 g/mol. The molecule has 0 radical (unpaired) electrons. The summed E-state index contributed by atoms with van der Waals surface area (Å²) in [5.74, 6) is -0.0982. The van der Waals surface area contributed by atoms with Crippen molar-refractivity contribution in [2.45, 2.75) is 13.0 Å². The summed E-state index contributed by atoms with van der Waals surface area (Å²) in [4.78, 5) is 41.0. The maximum absolute atomic E-state index is 12.8. The van der Waals surface area contributed by atoms with Crippen LogP contribution in [-0.2, 0) is 22.6 Å². The standard InChI is InChI=1S/C22H19BrN2O4S/c1-29-18-7-6-17(23)10-16(18)11-19-21(27)25(22(28)30-19)13-20(26)24-9-8-14-4-2-3-5-15(14)12-24/h2-7,10-11H,8-9,12-13H2,1H3/b19-11+. The molecular formula is C22H19BrN2O4S. The van der Waals surface area contributed by atoms with Crippen LogP contribution in [0.4, 0.5) is 4.79 Å². The number of benzene rings is 2. The fourth-order valence-corrected chi connectivity index (χ4v) is 4.75. The number of hydrogen-bond donors (Lipinski definition) is 0. The van der Waals surface area contributed by atoms with Gasteiger partial charge < -0.3 is 9.64 Å². The number of thioether (sulfide) groups is 1. The Hall–Kier alpha value is -2.58. The maximum Gasteiger partial charge on any atom is 0.294 e. The highest BCUT2D eigenvalue weighted by molar-refractivity contribution is 9.10. The second-order valence-electron chi connectivity index (χ2n) is 6.99. The number of amides is 3. The molecule has 2 heterocycles. The molecule has 4 rings (SSSR count). The molecule has 0 aliphatic carbocycles. The SMILES string of the molecule is COc1ccc(Br)cc1/C=C1/SC(=O)N(CC(=O)N2CCc3ccccc3C2)C1=O. The lowest BCUT2D eigenvalue weighted by atomic mass is 10.00. The molecule has 0 aromatic heterocycles. The lowest BCUT2D eigenvalue weighted by molar-refractivity contribution is -0.136. The van der Waals surface area contributed by atoms with E-state index in [1.165, 1.54) is 5.56 Å². The quantitative estimate of drug-likeness (QED) is 0.609. The minimum Gasteiger partial charge on any atom is -0.496 e. The number of hydrogen-bond acceptors (Lipinski definition) is 5. The van der Waals surface area contributed by atoms with Crippen LogP contribution in [0, 0.1) is 0 Å². The zero-order valence-corrected chi connectivity index (χ0v) is 18.7. The summed E-state index contributed by atoms with van der Waals surface area (Å²) < 4.78 is 6.15. The van der Waals surface area contributed by atoms with Gasteiger partial charge in [0.15, 0.2) is 0 Å². The van der Waals surface area contributed by atoms with Crippen LogP contribution in [0.15, 0.2) is 51.8 Å². The van der Waals surface area contributed by atoms with E-state index in [1.54, 1.807) is 24.2 Å². The largest absolute Gasteiger partial charge is 0.496 e. The van der Waals surface area contributed by atoms with E-state index in [-0.39, 0.29) is 17.4 Å². The number of carbonyl (C=O) groups is 3. The molecule has 8 heteroatoms. The fraction of sp³-hybridized carbons (Fsp3) is 0.227. The van der Waals surface area contributed by atoms with Crippen molar-refractivity contribution in [2.24, 2.45) is 0 Å². The van der Waals surface area contributed by atoms with Gasteiger partial charge in [-0.3, -0.25) is 19.3 Å². The number of ether oxygens (including phenoxy) is 1. The first-order valence-corrected chi connectivity index (χ1v) is 11.0. The molecule has 2 aromatic carbocycles. The predicted octanol–water partition coefficient (Wildman–Crippen LogP) is 4.08. The van der Waals surface area contributed by atoms with Crippen molar-refractivity contribution in [2.75, 3.05) is 20.2 Å². The van der Waals surface area contributed by atoms with Crippen molar-refractivity contribution in [3.05, 3.63) is 68.5 Å². The topological polar surface area (TPSA) is 66.9 Å². The molecule has 0 spiro atoms. The van der Waals surface area contributed by atoms with Gasteiger partial charge in [0, 0.05) is 23.1 Å². The molecule has 154 valence electrons. The Labute approximate surface area is 187 Å². The van der Waals surface area contributed by atoms with E-state index in [9.17, 15) is 14.4 Å². The molecular weight excluding hydrogens is 468 g/mol. The van der Waals surface area contributed by atoms with Gasteiger partial charge in [-0.05, 0) is 53.6 Å². The fourth-order valence-electron chi connectivity index (χ4n) is 3.54. The number of carbonyl (C=O) groups excluding carboxylic acids is 3. The van der Waals surface area contributed by atoms with Gasteiger partial charge in [0.25, 0.3) is 11.1 Å². The zero-order valence-electron chi connectivity index (χ0n) is 16.3. The summed E-state index contributed by atoms with van der Waals surface area (Å²) in [6.07, 6.45) is 2.39. The summed E-state index contributed by atoms with van der Waals surface area (Å²) in [6.45, 7) is 0.827. The van der Waals surface area contributed by atoms with E-state index in [4.69, 9.17) is 4.74 Å². The maximum atomic E-state index is 12.8. The lowest BCUT2D eigenvalue weighted by Gasteiger charge is -2.29. The first-order valence-electron chi connectivity index (χ1n) is 9.39. The molecule has 30 heavy (non-hydrogen) atoms. The van der Waals surface area contributed by atoms with Gasteiger partial charge >= 0.3 is 0 Å². The van der Waals surface area contributed by atoms with Crippen LogP contribution < -0.4 is 4.74 Å². The number of rotatable bonds is 4. The van der Waals surface area contributed by atoms with E-state index in [1.807, 2.05) is 30.3 Å². The Morgan fingerprint density at radius 1 is 1.20 bits per heavy atom. The average Bonchev–Trinajstić information content (AvgIpc) is 3.01. The third kappa shape index (κ3) is 4.15. The summed E-state index contributed by atoms with van der Waals surface area (Å²) >= 11 is 4.23. The minimum absolute atomic E-state index is 0.229. The summed E-state index contributed by atoms with van der Waals surface area (Å²) in [7, 11) is 1.54. The first-order chi connectivity index (χ1) is 14.5. The molecule has 2 aromatic rings. The number of imide groups is 1. The van der Waals surface area contributed by atoms with E-state index in [0.29, 0.717) is 24.4 Å². The van der Waals surface area contributed by atoms with Gasteiger partial charge in [0.2, 0.25) is 5.91 Å². The number of fused-ring (bicyclic) bond motifs is 1.